The Morgan fingerprint density at radius 2 is 1.57 bits per heavy atom. The molecule has 148 valence electrons. The lowest BCUT2D eigenvalue weighted by atomic mass is 10.0. The predicted molar refractivity (Wildman–Crippen MR) is 111 cm³/mol. The molecule has 5 rings (SSSR count). The van der Waals surface area contributed by atoms with Crippen LogP contribution < -0.4 is 0 Å². The van der Waals surface area contributed by atoms with Crippen molar-refractivity contribution in [1.82, 2.24) is 4.98 Å². The molecule has 0 aliphatic heterocycles. The van der Waals surface area contributed by atoms with Crippen LogP contribution in [0, 0.1) is 24.4 Å². The number of fused-ring (bicyclic) bond motifs is 2. The van der Waals surface area contributed by atoms with Crippen molar-refractivity contribution < 1.29 is 22.8 Å². The number of hydrogen-bond donors (Lipinski definition) is 0. The van der Waals surface area contributed by atoms with Gasteiger partial charge in [-0.2, -0.15) is 0 Å². The molecule has 1 aliphatic rings. The SMILES string of the molecule is Cc1c(F)c(F)c2c(c1F)C(=O)/C(=C/c1cc3sc(-c4ccccc4)nc3s1)C2=O. The first-order chi connectivity index (χ1) is 14.4. The van der Waals surface area contributed by atoms with E-state index in [0.717, 1.165) is 27.0 Å². The zero-order chi connectivity index (χ0) is 21.2. The van der Waals surface area contributed by atoms with E-state index in [-0.39, 0.29) is 5.57 Å². The van der Waals surface area contributed by atoms with Crippen LogP contribution in [0.1, 0.15) is 31.2 Å². The highest BCUT2D eigenvalue weighted by Gasteiger charge is 2.41. The number of carbonyl (C=O) groups is 2. The van der Waals surface area contributed by atoms with E-state index in [2.05, 4.69) is 4.98 Å². The van der Waals surface area contributed by atoms with Gasteiger partial charge in [0.1, 0.15) is 15.7 Å². The molecule has 0 fully saturated rings. The van der Waals surface area contributed by atoms with E-state index in [0.29, 0.717) is 4.88 Å². The number of rotatable bonds is 2. The van der Waals surface area contributed by atoms with Crippen molar-refractivity contribution in [3.05, 3.63) is 81.0 Å². The minimum absolute atomic E-state index is 0.384. The molecular formula is C22H10F3NO2S2. The first-order valence-corrected chi connectivity index (χ1v) is 10.4. The standard InChI is InChI=1S/C22H10F3NO2S2/c1-9-16(23)14-15(18(25)17(9)24)20(28)12(19(14)27)7-11-8-13-22(29-11)26-21(30-13)10-5-3-2-4-6-10/h2-8H,1H3/b12-7-. The molecule has 0 radical (unpaired) electrons. The van der Waals surface area contributed by atoms with Crippen LogP contribution in [0.2, 0.25) is 0 Å². The second-order valence-corrected chi connectivity index (χ2v) is 8.83. The van der Waals surface area contributed by atoms with Crippen LogP contribution in [0.15, 0.2) is 42.0 Å². The number of thiazole rings is 1. The van der Waals surface area contributed by atoms with Gasteiger partial charge < -0.3 is 0 Å². The van der Waals surface area contributed by atoms with Gasteiger partial charge in [0, 0.05) is 16.0 Å². The first-order valence-electron chi connectivity index (χ1n) is 8.80. The van der Waals surface area contributed by atoms with Crippen LogP contribution in [0.5, 0.6) is 0 Å². The summed E-state index contributed by atoms with van der Waals surface area (Å²) in [7, 11) is 0. The number of halogens is 3. The van der Waals surface area contributed by atoms with Gasteiger partial charge in [-0.05, 0) is 19.1 Å². The molecule has 0 N–H and O–H groups in total. The van der Waals surface area contributed by atoms with Crippen molar-refractivity contribution >= 4 is 49.8 Å². The van der Waals surface area contributed by atoms with Gasteiger partial charge in [0.25, 0.3) is 0 Å². The highest BCUT2D eigenvalue weighted by molar-refractivity contribution is 7.29. The van der Waals surface area contributed by atoms with E-state index < -0.39 is 45.7 Å². The van der Waals surface area contributed by atoms with E-state index in [1.54, 1.807) is 6.07 Å². The van der Waals surface area contributed by atoms with Gasteiger partial charge in [-0.15, -0.1) is 22.7 Å². The first kappa shape index (κ1) is 18.9. The van der Waals surface area contributed by atoms with Gasteiger partial charge in [-0.1, -0.05) is 30.3 Å². The van der Waals surface area contributed by atoms with Gasteiger partial charge in [0.05, 0.1) is 21.4 Å². The van der Waals surface area contributed by atoms with Crippen molar-refractivity contribution in [3.63, 3.8) is 0 Å². The van der Waals surface area contributed by atoms with E-state index in [4.69, 9.17) is 0 Å². The highest BCUT2D eigenvalue weighted by atomic mass is 32.1. The molecule has 2 heterocycles. The average Bonchev–Trinajstić information content (AvgIpc) is 3.38. The van der Waals surface area contributed by atoms with Crippen LogP contribution in [0.25, 0.3) is 26.2 Å². The number of nitrogens with zero attached hydrogens (tertiary/aromatic N) is 1. The molecule has 0 unspecified atom stereocenters. The smallest absolute Gasteiger partial charge is 0.200 e. The molecule has 0 amide bonds. The molecule has 3 nitrogen and oxygen atoms in total. The van der Waals surface area contributed by atoms with E-state index in [1.165, 1.54) is 28.7 Å². The maximum Gasteiger partial charge on any atom is 0.200 e. The van der Waals surface area contributed by atoms with Crippen molar-refractivity contribution in [2.45, 2.75) is 6.92 Å². The summed E-state index contributed by atoms with van der Waals surface area (Å²) in [6.45, 7) is 1.02. The van der Waals surface area contributed by atoms with Gasteiger partial charge >= 0.3 is 0 Å². The Hall–Kier alpha value is -3.10. The number of carbonyl (C=O) groups excluding carboxylic acids is 2. The molecule has 0 saturated carbocycles. The Morgan fingerprint density at radius 3 is 2.23 bits per heavy atom. The molecular weight excluding hydrogens is 431 g/mol. The molecule has 2 aromatic heterocycles. The monoisotopic (exact) mass is 441 g/mol. The summed E-state index contributed by atoms with van der Waals surface area (Å²) in [4.78, 5) is 31.0. The topological polar surface area (TPSA) is 47.0 Å². The van der Waals surface area contributed by atoms with Crippen LogP contribution in [-0.4, -0.2) is 16.6 Å². The van der Waals surface area contributed by atoms with Crippen LogP contribution in [0.4, 0.5) is 13.2 Å². The van der Waals surface area contributed by atoms with Crippen LogP contribution in [-0.2, 0) is 0 Å². The third kappa shape index (κ3) is 2.68. The Morgan fingerprint density at radius 1 is 0.900 bits per heavy atom. The number of thiophene rings is 1. The summed E-state index contributed by atoms with van der Waals surface area (Å²) >= 11 is 2.71. The van der Waals surface area contributed by atoms with Gasteiger partial charge in [0.15, 0.2) is 11.6 Å². The van der Waals surface area contributed by atoms with Gasteiger partial charge in [0.2, 0.25) is 11.6 Å². The number of hydrogen-bond acceptors (Lipinski definition) is 5. The lowest BCUT2D eigenvalue weighted by Crippen LogP contribution is -2.06. The molecule has 0 saturated heterocycles. The predicted octanol–water partition coefficient (Wildman–Crippen LogP) is 6.21. The minimum Gasteiger partial charge on any atom is -0.288 e. The largest absolute Gasteiger partial charge is 0.288 e. The Labute approximate surface area is 176 Å². The molecule has 1 aliphatic carbocycles. The minimum atomic E-state index is -1.49. The van der Waals surface area contributed by atoms with Crippen LogP contribution in [0.3, 0.4) is 0 Å². The summed E-state index contributed by atoms with van der Waals surface area (Å²) < 4.78 is 43.4. The fraction of sp³-hybridized carbons (Fsp3) is 0.0455. The normalized spacial score (nSPS) is 14.9. The van der Waals surface area contributed by atoms with Crippen LogP contribution >= 0.6 is 22.7 Å². The van der Waals surface area contributed by atoms with Gasteiger partial charge in [-0.25, -0.2) is 18.2 Å². The number of allylic oxidation sites excluding steroid dienone is 1. The van der Waals surface area contributed by atoms with Crippen molar-refractivity contribution in [3.8, 4) is 10.6 Å². The molecule has 0 atom stereocenters. The third-order valence-corrected chi connectivity index (χ3v) is 7.06. The number of benzene rings is 2. The second kappa shape index (κ2) is 6.72. The van der Waals surface area contributed by atoms with Crippen molar-refractivity contribution in [1.29, 1.82) is 0 Å². The molecule has 8 heteroatoms. The summed E-state index contributed by atoms with van der Waals surface area (Å²) in [5, 5.41) is 0.839. The maximum atomic E-state index is 14.4. The summed E-state index contributed by atoms with van der Waals surface area (Å²) in [5.74, 6) is -6.11. The Bertz CT molecular complexity index is 1340. The zero-order valence-corrected chi connectivity index (χ0v) is 16.9. The molecule has 0 spiro atoms. The Balaban J connectivity index is 1.57. The molecule has 30 heavy (non-hydrogen) atoms. The fourth-order valence-electron chi connectivity index (χ4n) is 3.38. The average molecular weight is 441 g/mol. The van der Waals surface area contributed by atoms with Gasteiger partial charge in [-0.3, -0.25) is 9.59 Å². The second-order valence-electron chi connectivity index (χ2n) is 6.74. The highest BCUT2D eigenvalue weighted by Crippen LogP contribution is 2.38. The summed E-state index contributed by atoms with van der Waals surface area (Å²) in [6.07, 6.45) is 1.29. The quantitative estimate of drug-likeness (QED) is 0.211. The number of ketones is 2. The molecule has 2 aromatic carbocycles. The summed E-state index contributed by atoms with van der Waals surface area (Å²) in [6, 6.07) is 11.4. The lowest BCUT2D eigenvalue weighted by molar-refractivity contribution is 0.0988. The number of aromatic nitrogens is 1. The number of Topliss-reactive ketones (excluding diaryl/α,β-unsaturated/α-hetero) is 2. The lowest BCUT2D eigenvalue weighted by Gasteiger charge is -2.05. The third-order valence-electron chi connectivity index (χ3n) is 4.90. The molecule has 4 aromatic rings. The molecule has 0 bridgehead atoms. The van der Waals surface area contributed by atoms with E-state index in [1.807, 2.05) is 30.3 Å². The fourth-order valence-corrected chi connectivity index (χ4v) is 5.55. The zero-order valence-electron chi connectivity index (χ0n) is 15.3. The van der Waals surface area contributed by atoms with E-state index in [9.17, 15) is 22.8 Å². The summed E-state index contributed by atoms with van der Waals surface area (Å²) in [5.41, 5.74) is -1.57. The van der Waals surface area contributed by atoms with Crippen molar-refractivity contribution in [2.75, 3.05) is 0 Å². The van der Waals surface area contributed by atoms with E-state index >= 15 is 0 Å². The Kier molecular flexibility index (Phi) is 4.23. The maximum absolute atomic E-state index is 14.4. The van der Waals surface area contributed by atoms with Crippen molar-refractivity contribution in [2.24, 2.45) is 0 Å².